The second kappa shape index (κ2) is 8.17. The number of rotatable bonds is 6. The molecule has 1 aliphatic rings. The van der Waals surface area contributed by atoms with Crippen molar-refractivity contribution in [2.45, 2.75) is 37.9 Å². The van der Waals surface area contributed by atoms with Crippen molar-refractivity contribution in [3.05, 3.63) is 42.5 Å². The smallest absolute Gasteiger partial charge is 0.352 e. The molecule has 1 atom stereocenters. The number of amides is 1. The number of carbonyl (C=O) groups excluding carboxylic acids is 1. The molecule has 0 saturated heterocycles. The Bertz CT molecular complexity index is 1400. The number of halogens is 5. The molecular weight excluding hydrogens is 473 g/mol. The number of pyridine rings is 1. The number of alkyl halides is 5. The molecule has 8 nitrogen and oxygen atoms in total. The van der Waals surface area contributed by atoms with Gasteiger partial charge in [0.25, 0.3) is 5.91 Å². The van der Waals surface area contributed by atoms with Gasteiger partial charge in [0.2, 0.25) is 11.9 Å². The molecule has 1 fully saturated rings. The molecule has 1 saturated carbocycles. The monoisotopic (exact) mass is 493 g/mol. The summed E-state index contributed by atoms with van der Waals surface area (Å²) < 4.78 is 66.0. The molecule has 13 heteroatoms. The molecule has 0 aromatic carbocycles. The van der Waals surface area contributed by atoms with Crippen molar-refractivity contribution in [3.63, 3.8) is 0 Å². The first-order chi connectivity index (χ1) is 16.5. The van der Waals surface area contributed by atoms with E-state index in [0.29, 0.717) is 33.2 Å². The Hall–Kier alpha value is -3.77. The maximum atomic E-state index is 13.0. The first-order valence-corrected chi connectivity index (χ1v) is 10.8. The van der Waals surface area contributed by atoms with Crippen LogP contribution in [0.1, 0.15) is 30.1 Å². The molecule has 0 spiro atoms. The minimum atomic E-state index is -4.44. The van der Waals surface area contributed by atoms with Gasteiger partial charge in [-0.15, -0.1) is 0 Å². The van der Waals surface area contributed by atoms with Gasteiger partial charge in [0.05, 0.1) is 17.3 Å². The van der Waals surface area contributed by atoms with E-state index in [-0.39, 0.29) is 31.3 Å². The highest BCUT2D eigenvalue weighted by atomic mass is 19.4. The zero-order valence-electron chi connectivity index (χ0n) is 18.3. The van der Waals surface area contributed by atoms with Gasteiger partial charge in [0.1, 0.15) is 11.7 Å². The zero-order chi connectivity index (χ0) is 25.0. The second-order valence-electron chi connectivity index (χ2n) is 8.71. The molecule has 0 bridgehead atoms. The third kappa shape index (κ3) is 4.49. The molecular formula is C22H20F5N7O. The fraction of sp³-hybridized carbons (Fsp3) is 0.364. The third-order valence-corrected chi connectivity index (χ3v) is 6.07. The molecule has 1 amide bonds. The van der Waals surface area contributed by atoms with E-state index in [9.17, 15) is 26.7 Å². The largest absolute Gasteiger partial charge is 0.408 e. The van der Waals surface area contributed by atoms with Crippen LogP contribution in [0.3, 0.4) is 0 Å². The van der Waals surface area contributed by atoms with Crippen LogP contribution in [0.15, 0.2) is 36.9 Å². The normalized spacial score (nSPS) is 16.9. The average molecular weight is 493 g/mol. The van der Waals surface area contributed by atoms with Gasteiger partial charge >= 0.3 is 6.18 Å². The fourth-order valence-corrected chi connectivity index (χ4v) is 4.08. The predicted octanol–water partition coefficient (Wildman–Crippen LogP) is 4.41. The van der Waals surface area contributed by atoms with E-state index >= 15 is 0 Å². The Balaban J connectivity index is 1.38. The predicted molar refractivity (Wildman–Crippen MR) is 117 cm³/mol. The van der Waals surface area contributed by atoms with Gasteiger partial charge in [-0.1, -0.05) is 0 Å². The summed E-state index contributed by atoms with van der Waals surface area (Å²) in [5, 5.41) is 9.68. The Kier molecular flexibility index (Phi) is 5.37. The number of H-pyrrole nitrogens is 1. The fourth-order valence-electron chi connectivity index (χ4n) is 4.08. The van der Waals surface area contributed by atoms with Crippen molar-refractivity contribution >= 4 is 28.4 Å². The van der Waals surface area contributed by atoms with Crippen molar-refractivity contribution in [3.8, 4) is 11.1 Å². The van der Waals surface area contributed by atoms with Crippen molar-refractivity contribution in [2.75, 3.05) is 11.9 Å². The number of aromatic nitrogens is 5. The summed E-state index contributed by atoms with van der Waals surface area (Å²) in [5.74, 6) is -3.48. The Morgan fingerprint density at radius 2 is 2.09 bits per heavy atom. The van der Waals surface area contributed by atoms with Gasteiger partial charge in [-0.25, -0.2) is 18.3 Å². The highest BCUT2D eigenvalue weighted by Crippen LogP contribution is 2.41. The maximum Gasteiger partial charge on any atom is 0.408 e. The van der Waals surface area contributed by atoms with Crippen molar-refractivity contribution in [1.82, 2.24) is 29.9 Å². The van der Waals surface area contributed by atoms with Gasteiger partial charge in [0.15, 0.2) is 0 Å². The van der Waals surface area contributed by atoms with Gasteiger partial charge in [-0.2, -0.15) is 23.3 Å². The Morgan fingerprint density at radius 3 is 2.80 bits per heavy atom. The van der Waals surface area contributed by atoms with Gasteiger partial charge in [-0.05, 0) is 30.5 Å². The Labute approximate surface area is 194 Å². The summed E-state index contributed by atoms with van der Waals surface area (Å²) in [6, 6.07) is 1.68. The van der Waals surface area contributed by atoms with E-state index in [1.165, 1.54) is 16.9 Å². The number of carbonyl (C=O) groups is 1. The van der Waals surface area contributed by atoms with Crippen LogP contribution in [0.5, 0.6) is 0 Å². The highest BCUT2D eigenvalue weighted by molar-refractivity contribution is 6.02. The van der Waals surface area contributed by atoms with Gasteiger partial charge in [-0.3, -0.25) is 4.79 Å². The summed E-state index contributed by atoms with van der Waals surface area (Å²) in [5.41, 5.74) is 2.52. The number of fused-ring (bicyclic) bond motifs is 2. The Morgan fingerprint density at radius 1 is 1.31 bits per heavy atom. The number of nitrogens with zero attached hydrogens (tertiary/aromatic N) is 4. The van der Waals surface area contributed by atoms with Gasteiger partial charge < -0.3 is 15.6 Å². The van der Waals surface area contributed by atoms with E-state index < -0.39 is 24.0 Å². The molecule has 4 heterocycles. The van der Waals surface area contributed by atoms with Crippen LogP contribution in [-0.4, -0.2) is 55.2 Å². The van der Waals surface area contributed by atoms with Crippen molar-refractivity contribution in [2.24, 2.45) is 5.92 Å². The minimum absolute atomic E-state index is 0.161. The summed E-state index contributed by atoms with van der Waals surface area (Å²) in [6.45, 7) is 1.14. The average Bonchev–Trinajstić information content (AvgIpc) is 3.38. The molecule has 1 unspecified atom stereocenters. The van der Waals surface area contributed by atoms with E-state index in [4.69, 9.17) is 0 Å². The van der Waals surface area contributed by atoms with Crippen LogP contribution in [0.25, 0.3) is 27.7 Å². The number of hydrogen-bond donors (Lipinski definition) is 3. The molecule has 3 N–H and O–H groups in total. The molecule has 0 aliphatic heterocycles. The van der Waals surface area contributed by atoms with E-state index in [1.54, 1.807) is 24.5 Å². The summed E-state index contributed by atoms with van der Waals surface area (Å²) >= 11 is 0. The lowest BCUT2D eigenvalue weighted by Gasteiger charge is -2.34. The minimum Gasteiger partial charge on any atom is -0.352 e. The lowest BCUT2D eigenvalue weighted by Crippen LogP contribution is -2.42. The van der Waals surface area contributed by atoms with E-state index in [2.05, 4.69) is 30.7 Å². The molecule has 4 aromatic heterocycles. The quantitative estimate of drug-likeness (QED) is 0.346. The van der Waals surface area contributed by atoms with Crippen molar-refractivity contribution < 1.29 is 26.7 Å². The first-order valence-electron chi connectivity index (χ1n) is 10.8. The maximum absolute atomic E-state index is 13.0. The van der Waals surface area contributed by atoms with Crippen LogP contribution in [0.4, 0.5) is 27.9 Å². The van der Waals surface area contributed by atoms with Crippen LogP contribution in [-0.2, 0) is 0 Å². The summed E-state index contributed by atoms with van der Waals surface area (Å²) in [4.78, 5) is 23.7. The number of hydrogen-bond acceptors (Lipinski definition) is 5. The number of nitrogens with one attached hydrogen (secondary N) is 3. The van der Waals surface area contributed by atoms with Crippen LogP contribution < -0.4 is 10.6 Å². The third-order valence-electron chi connectivity index (χ3n) is 6.07. The van der Waals surface area contributed by atoms with Crippen molar-refractivity contribution in [1.29, 1.82) is 0 Å². The van der Waals surface area contributed by atoms with Crippen LogP contribution in [0.2, 0.25) is 0 Å². The molecule has 35 heavy (non-hydrogen) atoms. The number of anilines is 1. The topological polar surface area (TPSA) is 100 Å². The van der Waals surface area contributed by atoms with Gasteiger partial charge in [0, 0.05) is 48.9 Å². The molecule has 1 aliphatic carbocycles. The molecule has 0 radical (unpaired) electrons. The summed E-state index contributed by atoms with van der Waals surface area (Å²) in [7, 11) is 0. The van der Waals surface area contributed by atoms with Crippen LogP contribution >= 0.6 is 0 Å². The SMILES string of the molecule is CC(Nc1ncc2c(-c3ccn4ncc(C(=O)NCC5CC(F)(F)C5)c4c3)c[nH]c2n1)C(F)(F)F. The second-order valence-corrected chi connectivity index (χ2v) is 8.71. The molecule has 184 valence electrons. The first kappa shape index (κ1) is 23.0. The van der Waals surface area contributed by atoms with E-state index in [0.717, 1.165) is 6.92 Å². The molecule has 5 rings (SSSR count). The highest BCUT2D eigenvalue weighted by Gasteiger charge is 2.45. The summed E-state index contributed by atoms with van der Waals surface area (Å²) in [6.07, 6.45) is 1.23. The van der Waals surface area contributed by atoms with E-state index in [1.807, 2.05) is 0 Å². The molecule has 4 aromatic rings. The van der Waals surface area contributed by atoms with Crippen LogP contribution in [0, 0.1) is 5.92 Å². The standard InChI is InChI=1S/C22H20F5N7O/c1-11(22(25,26)27)32-20-30-9-15-14(8-28-18(15)33-20)13-2-3-34-17(4-13)16(10-31-34)19(35)29-7-12-5-21(23,24)6-12/h2-4,8-12H,5-7H2,1H3,(H,29,35)(H2,28,30,32,33). The lowest BCUT2D eigenvalue weighted by molar-refractivity contribution is -0.138. The lowest BCUT2D eigenvalue weighted by atomic mass is 9.81. The zero-order valence-corrected chi connectivity index (χ0v) is 18.3. The number of aromatic amines is 1.